The molecule has 0 aromatic rings. The van der Waals surface area contributed by atoms with Gasteiger partial charge in [-0.3, -0.25) is 0 Å². The first-order valence-electron chi connectivity index (χ1n) is 6.81. The number of hydrogen-bond donors (Lipinski definition) is 0. The molecule has 0 fully saturated rings. The van der Waals surface area contributed by atoms with E-state index in [1.54, 1.807) is 0 Å². The average molecular weight is 263 g/mol. The van der Waals surface area contributed by atoms with Crippen LogP contribution in [0.4, 0.5) is 0 Å². The van der Waals surface area contributed by atoms with Crippen LogP contribution in [0, 0.1) is 0 Å². The largest absolute Gasteiger partial charge is 0.545 e. The lowest BCUT2D eigenvalue weighted by molar-refractivity contribution is -0.298. The van der Waals surface area contributed by atoms with Crippen LogP contribution in [0.5, 0.6) is 0 Å². The molecule has 2 nitrogen and oxygen atoms in total. The molecule has 20 heavy (non-hydrogen) atoms. The van der Waals surface area contributed by atoms with Gasteiger partial charge in [-0.1, -0.05) is 54.7 Å². The molecule has 3 rings (SSSR count). The van der Waals surface area contributed by atoms with Gasteiger partial charge in [-0.15, -0.1) is 0 Å². The molecule has 3 aliphatic rings. The molecule has 0 N–H and O–H groups in total. The van der Waals surface area contributed by atoms with Crippen LogP contribution in [0.1, 0.15) is 19.3 Å². The summed E-state index contributed by atoms with van der Waals surface area (Å²) in [5.41, 5.74) is 4.15. The predicted octanol–water partition coefficient (Wildman–Crippen LogP) is 2.69. The quantitative estimate of drug-likeness (QED) is 0.732. The third-order valence-electron chi connectivity index (χ3n) is 3.73. The number of rotatable bonds is 4. The summed E-state index contributed by atoms with van der Waals surface area (Å²) in [6.45, 7) is 0. The highest BCUT2D eigenvalue weighted by Crippen LogP contribution is 2.36. The molecule has 0 aliphatic heterocycles. The van der Waals surface area contributed by atoms with Gasteiger partial charge in [-0.25, -0.2) is 0 Å². The van der Waals surface area contributed by atoms with Crippen molar-refractivity contribution < 1.29 is 9.90 Å². The van der Waals surface area contributed by atoms with Crippen LogP contribution in [0.25, 0.3) is 0 Å². The van der Waals surface area contributed by atoms with Gasteiger partial charge in [0.25, 0.3) is 0 Å². The Labute approximate surface area is 118 Å². The maximum Gasteiger partial charge on any atom is 0.0724 e. The van der Waals surface area contributed by atoms with E-state index in [0.717, 1.165) is 35.1 Å². The molecule has 0 atom stereocenters. The minimum absolute atomic E-state index is 0.347. The summed E-state index contributed by atoms with van der Waals surface area (Å²) in [5.74, 6) is -1.09. The summed E-state index contributed by atoms with van der Waals surface area (Å²) >= 11 is 0. The van der Waals surface area contributed by atoms with Crippen molar-refractivity contribution in [2.45, 2.75) is 19.3 Å². The highest BCUT2D eigenvalue weighted by Gasteiger charge is 2.21. The summed E-state index contributed by atoms with van der Waals surface area (Å²) in [4.78, 5) is 11.7. The van der Waals surface area contributed by atoms with E-state index in [1.807, 2.05) is 54.7 Å². The van der Waals surface area contributed by atoms with E-state index < -0.39 is 5.97 Å². The second-order valence-corrected chi connectivity index (χ2v) is 5.01. The van der Waals surface area contributed by atoms with Crippen molar-refractivity contribution in [3.8, 4) is 0 Å². The van der Waals surface area contributed by atoms with Crippen LogP contribution < -0.4 is 5.11 Å². The average Bonchev–Trinajstić information content (AvgIpc) is 3.17. The second kappa shape index (κ2) is 5.33. The number of hydrogen-bond acceptors (Lipinski definition) is 2. The third-order valence-corrected chi connectivity index (χ3v) is 3.73. The Kier molecular flexibility index (Phi) is 3.38. The van der Waals surface area contributed by atoms with Gasteiger partial charge in [0.15, 0.2) is 0 Å². The van der Waals surface area contributed by atoms with Gasteiger partial charge in [-0.2, -0.15) is 0 Å². The number of allylic oxidation sites excluding steroid dienone is 12. The Bertz CT molecular complexity index is 630. The van der Waals surface area contributed by atoms with Gasteiger partial charge in [0.1, 0.15) is 0 Å². The highest BCUT2D eigenvalue weighted by atomic mass is 16.4. The Morgan fingerprint density at radius 3 is 1.60 bits per heavy atom. The Morgan fingerprint density at radius 1 is 0.800 bits per heavy atom. The first kappa shape index (κ1) is 12.7. The van der Waals surface area contributed by atoms with Crippen molar-refractivity contribution in [2.24, 2.45) is 0 Å². The van der Waals surface area contributed by atoms with Crippen molar-refractivity contribution in [1.29, 1.82) is 0 Å². The van der Waals surface area contributed by atoms with Crippen molar-refractivity contribution in [3.63, 3.8) is 0 Å². The topological polar surface area (TPSA) is 40.1 Å². The van der Waals surface area contributed by atoms with E-state index in [2.05, 4.69) is 0 Å². The summed E-state index contributed by atoms with van der Waals surface area (Å²) < 4.78 is 0. The predicted molar refractivity (Wildman–Crippen MR) is 77.6 cm³/mol. The fourth-order valence-electron chi connectivity index (χ4n) is 2.82. The molecule has 0 aromatic heterocycles. The normalized spacial score (nSPS) is 19.1. The molecule has 0 amide bonds. The third kappa shape index (κ3) is 2.25. The molecular weight excluding hydrogens is 248 g/mol. The van der Waals surface area contributed by atoms with Gasteiger partial charge >= 0.3 is 0 Å². The molecule has 0 saturated heterocycles. The SMILES string of the molecule is O=C([O-])C(C1=CC=CC1)=C(C1=CC=CC1)C1=CC=CC1. The van der Waals surface area contributed by atoms with Crippen LogP contribution >= 0.6 is 0 Å². The zero-order valence-electron chi connectivity index (χ0n) is 11.1. The molecule has 0 aromatic carbocycles. The molecule has 0 bridgehead atoms. The first-order valence-corrected chi connectivity index (χ1v) is 6.81. The van der Waals surface area contributed by atoms with Crippen molar-refractivity contribution >= 4 is 5.97 Å². The molecule has 0 radical (unpaired) electrons. The van der Waals surface area contributed by atoms with Crippen LogP contribution in [0.3, 0.4) is 0 Å². The second-order valence-electron chi connectivity index (χ2n) is 5.01. The van der Waals surface area contributed by atoms with Gasteiger partial charge in [0.2, 0.25) is 0 Å². The summed E-state index contributed by atoms with van der Waals surface area (Å²) in [6, 6.07) is 0. The van der Waals surface area contributed by atoms with E-state index in [0.29, 0.717) is 12.0 Å². The van der Waals surface area contributed by atoms with Gasteiger partial charge in [0.05, 0.1) is 5.97 Å². The molecule has 3 aliphatic carbocycles. The standard InChI is InChI=1S/C18H16O2/c19-18(20)17(15-11-5-6-12-15)16(13-7-1-2-8-13)14-9-3-4-10-14/h1-7,9,11H,8,10,12H2,(H,19,20)/p-1. The maximum absolute atomic E-state index is 11.7. The first-order chi connectivity index (χ1) is 9.77. The summed E-state index contributed by atoms with van der Waals surface area (Å²) in [6.07, 6.45) is 20.0. The van der Waals surface area contributed by atoms with E-state index in [9.17, 15) is 9.90 Å². The van der Waals surface area contributed by atoms with Gasteiger partial charge in [0, 0.05) is 5.57 Å². The number of carbonyl (C=O) groups is 1. The number of carboxylic acid groups (broad SMARTS) is 1. The zero-order chi connectivity index (χ0) is 13.9. The van der Waals surface area contributed by atoms with Gasteiger partial charge in [-0.05, 0) is 41.6 Å². The van der Waals surface area contributed by atoms with Crippen molar-refractivity contribution in [3.05, 3.63) is 82.5 Å². The van der Waals surface area contributed by atoms with Gasteiger partial charge < -0.3 is 9.90 Å². The van der Waals surface area contributed by atoms with E-state index in [4.69, 9.17) is 0 Å². The van der Waals surface area contributed by atoms with E-state index in [-0.39, 0.29) is 0 Å². The maximum atomic E-state index is 11.7. The molecule has 100 valence electrons. The Balaban J connectivity index is 2.13. The minimum atomic E-state index is -1.09. The van der Waals surface area contributed by atoms with Crippen molar-refractivity contribution in [2.75, 3.05) is 0 Å². The Hall–Kier alpha value is -2.35. The highest BCUT2D eigenvalue weighted by molar-refractivity contribution is 5.94. The summed E-state index contributed by atoms with van der Waals surface area (Å²) in [5, 5.41) is 11.7. The van der Waals surface area contributed by atoms with Crippen molar-refractivity contribution in [1.82, 2.24) is 0 Å². The minimum Gasteiger partial charge on any atom is -0.545 e. The summed E-state index contributed by atoms with van der Waals surface area (Å²) in [7, 11) is 0. The molecular formula is C18H15O2-. The molecule has 2 heteroatoms. The monoisotopic (exact) mass is 263 g/mol. The lowest BCUT2D eigenvalue weighted by Crippen LogP contribution is -2.27. The lowest BCUT2D eigenvalue weighted by Gasteiger charge is -2.20. The molecule has 0 heterocycles. The van der Waals surface area contributed by atoms with Crippen LogP contribution in [0.15, 0.2) is 82.5 Å². The fourth-order valence-corrected chi connectivity index (χ4v) is 2.82. The number of aliphatic carboxylic acids is 1. The molecule has 0 spiro atoms. The number of carbonyl (C=O) groups excluding carboxylic acids is 1. The smallest absolute Gasteiger partial charge is 0.0724 e. The molecule has 0 unspecified atom stereocenters. The lowest BCUT2D eigenvalue weighted by atomic mass is 9.87. The van der Waals surface area contributed by atoms with Crippen LogP contribution in [-0.4, -0.2) is 5.97 Å². The Morgan fingerprint density at radius 2 is 1.25 bits per heavy atom. The fraction of sp³-hybridized carbons (Fsp3) is 0.167. The van der Waals surface area contributed by atoms with Crippen LogP contribution in [0.2, 0.25) is 0 Å². The van der Waals surface area contributed by atoms with E-state index >= 15 is 0 Å². The molecule has 0 saturated carbocycles. The zero-order valence-corrected chi connectivity index (χ0v) is 11.1. The van der Waals surface area contributed by atoms with E-state index in [1.165, 1.54) is 0 Å². The van der Waals surface area contributed by atoms with Crippen LogP contribution in [-0.2, 0) is 4.79 Å². The number of carboxylic acids is 1.